The second kappa shape index (κ2) is 7.77. The Morgan fingerprint density at radius 3 is 2.72 bits per heavy atom. The van der Waals surface area contributed by atoms with Crippen LogP contribution in [0.2, 0.25) is 0 Å². The van der Waals surface area contributed by atoms with Crippen LogP contribution in [-0.2, 0) is 12.1 Å². The van der Waals surface area contributed by atoms with Crippen molar-refractivity contribution in [1.82, 2.24) is 15.0 Å². The van der Waals surface area contributed by atoms with Gasteiger partial charge in [0.1, 0.15) is 5.82 Å². The summed E-state index contributed by atoms with van der Waals surface area (Å²) in [5.41, 5.74) is 3.77. The van der Waals surface area contributed by atoms with Gasteiger partial charge in [0.2, 0.25) is 0 Å². The summed E-state index contributed by atoms with van der Waals surface area (Å²) < 4.78 is 1.15. The fraction of sp³-hybridized carbons (Fsp3) is 0.227. The van der Waals surface area contributed by atoms with E-state index in [1.165, 1.54) is 0 Å². The Morgan fingerprint density at radius 1 is 1.07 bits per heavy atom. The molecule has 2 heterocycles. The van der Waals surface area contributed by atoms with E-state index in [0.717, 1.165) is 37.7 Å². The third kappa shape index (κ3) is 4.36. The Hall–Kier alpha value is -3.03. The van der Waals surface area contributed by atoms with Crippen LogP contribution in [0.5, 0.6) is 0 Å². The average Bonchev–Trinajstić information content (AvgIpc) is 3.14. The molecule has 4 rings (SSSR count). The Balaban J connectivity index is 1.52. The molecule has 6 nitrogen and oxygen atoms in total. The lowest BCUT2D eigenvalue weighted by molar-refractivity contribution is 0.0786. The highest BCUT2D eigenvalue weighted by Crippen LogP contribution is 2.27. The third-order valence-electron chi connectivity index (χ3n) is 4.64. The van der Waals surface area contributed by atoms with E-state index in [4.69, 9.17) is 0 Å². The van der Waals surface area contributed by atoms with Crippen molar-refractivity contribution < 1.29 is 5.11 Å². The molecule has 7 heteroatoms. The van der Waals surface area contributed by atoms with Crippen LogP contribution in [0.1, 0.15) is 25.0 Å². The zero-order valence-electron chi connectivity index (χ0n) is 16.6. The number of hydrogen-bond acceptors (Lipinski definition) is 7. The van der Waals surface area contributed by atoms with Gasteiger partial charge in [0, 0.05) is 19.2 Å². The molecule has 0 aliphatic heterocycles. The van der Waals surface area contributed by atoms with Crippen LogP contribution in [0.25, 0.3) is 21.5 Å². The second-order valence-corrected chi connectivity index (χ2v) is 8.38. The van der Waals surface area contributed by atoms with Gasteiger partial charge in [-0.25, -0.2) is 9.97 Å². The first-order valence-corrected chi connectivity index (χ1v) is 10.2. The van der Waals surface area contributed by atoms with Gasteiger partial charge in [-0.3, -0.25) is 4.98 Å². The molecule has 0 spiro atoms. The Morgan fingerprint density at radius 2 is 1.93 bits per heavy atom. The van der Waals surface area contributed by atoms with Crippen molar-refractivity contribution in [3.63, 3.8) is 0 Å². The summed E-state index contributed by atoms with van der Waals surface area (Å²) in [6.07, 6.45) is 3.45. The normalized spacial score (nSPS) is 11.6. The summed E-state index contributed by atoms with van der Waals surface area (Å²) in [6.45, 7) is 4.19. The number of rotatable bonds is 6. The smallest absolute Gasteiger partial charge is 0.183 e. The molecule has 2 aromatic heterocycles. The number of benzene rings is 2. The number of aromatic nitrogens is 3. The molecule has 0 atom stereocenters. The molecule has 0 saturated heterocycles. The number of fused-ring (bicyclic) bond motifs is 1. The first kappa shape index (κ1) is 19.3. The summed E-state index contributed by atoms with van der Waals surface area (Å²) in [4.78, 5) is 13.5. The van der Waals surface area contributed by atoms with E-state index >= 15 is 0 Å². The van der Waals surface area contributed by atoms with Crippen molar-refractivity contribution in [2.45, 2.75) is 26.0 Å². The van der Waals surface area contributed by atoms with Crippen LogP contribution in [-0.4, -0.2) is 27.1 Å². The fourth-order valence-electron chi connectivity index (χ4n) is 3.03. The molecule has 0 bridgehead atoms. The monoisotopic (exact) mass is 405 g/mol. The van der Waals surface area contributed by atoms with E-state index in [1.54, 1.807) is 37.6 Å². The highest BCUT2D eigenvalue weighted by molar-refractivity contribution is 7.22. The summed E-state index contributed by atoms with van der Waals surface area (Å²) >= 11 is 1.64. The van der Waals surface area contributed by atoms with Gasteiger partial charge in [-0.15, -0.1) is 0 Å². The molecule has 0 saturated carbocycles. The predicted octanol–water partition coefficient (Wildman–Crippen LogP) is 4.63. The van der Waals surface area contributed by atoms with Crippen LogP contribution in [0.4, 0.5) is 10.9 Å². The molecule has 0 aliphatic carbocycles. The van der Waals surface area contributed by atoms with Crippen molar-refractivity contribution in [3.8, 4) is 11.3 Å². The van der Waals surface area contributed by atoms with Crippen molar-refractivity contribution in [2.75, 3.05) is 17.7 Å². The molecule has 0 unspecified atom stereocenters. The summed E-state index contributed by atoms with van der Waals surface area (Å²) in [6, 6.07) is 14.0. The second-order valence-electron chi connectivity index (χ2n) is 7.35. The Kier molecular flexibility index (Phi) is 5.17. The lowest BCUT2D eigenvalue weighted by atomic mass is 9.96. The standard InChI is InChI=1S/C22H23N5OS/c1-22(2,28)16-6-4-5-15(10-16)18-12-24-13-20(26-18)25-11-14-7-8-17-19(9-14)29-21(23-3)27-17/h4-10,12-13,28H,11H2,1-3H3,(H,23,27)(H,25,26). The van der Waals surface area contributed by atoms with Crippen molar-refractivity contribution in [1.29, 1.82) is 0 Å². The van der Waals surface area contributed by atoms with Gasteiger partial charge in [-0.1, -0.05) is 35.6 Å². The maximum Gasteiger partial charge on any atom is 0.183 e. The van der Waals surface area contributed by atoms with Crippen molar-refractivity contribution in [3.05, 3.63) is 66.0 Å². The van der Waals surface area contributed by atoms with Crippen LogP contribution in [0.3, 0.4) is 0 Å². The molecule has 0 radical (unpaired) electrons. The summed E-state index contributed by atoms with van der Waals surface area (Å²) in [7, 11) is 1.88. The molecule has 148 valence electrons. The van der Waals surface area contributed by atoms with Gasteiger partial charge in [0.25, 0.3) is 0 Å². The minimum atomic E-state index is -0.901. The highest BCUT2D eigenvalue weighted by Gasteiger charge is 2.16. The molecule has 0 fully saturated rings. The van der Waals surface area contributed by atoms with Gasteiger partial charge < -0.3 is 15.7 Å². The predicted molar refractivity (Wildman–Crippen MR) is 119 cm³/mol. The van der Waals surface area contributed by atoms with Crippen molar-refractivity contribution >= 4 is 32.5 Å². The lowest BCUT2D eigenvalue weighted by Gasteiger charge is -2.18. The topological polar surface area (TPSA) is 83.0 Å². The van der Waals surface area contributed by atoms with Gasteiger partial charge >= 0.3 is 0 Å². The quantitative estimate of drug-likeness (QED) is 0.434. The van der Waals surface area contributed by atoms with Crippen LogP contribution in [0.15, 0.2) is 54.9 Å². The zero-order chi connectivity index (χ0) is 20.4. The molecular weight excluding hydrogens is 382 g/mol. The molecule has 3 N–H and O–H groups in total. The van der Waals surface area contributed by atoms with Gasteiger partial charge in [0.15, 0.2) is 5.13 Å². The van der Waals surface area contributed by atoms with E-state index in [-0.39, 0.29) is 0 Å². The average molecular weight is 406 g/mol. The van der Waals surface area contributed by atoms with E-state index in [2.05, 4.69) is 37.7 Å². The van der Waals surface area contributed by atoms with Gasteiger partial charge in [-0.2, -0.15) is 0 Å². The van der Waals surface area contributed by atoms with E-state index < -0.39 is 5.60 Å². The number of aliphatic hydroxyl groups is 1. The Labute approximate surface area is 173 Å². The molecular formula is C22H23N5OS. The third-order valence-corrected chi connectivity index (χ3v) is 5.68. The lowest BCUT2D eigenvalue weighted by Crippen LogP contribution is -2.15. The maximum atomic E-state index is 10.3. The first-order valence-electron chi connectivity index (χ1n) is 9.39. The summed E-state index contributed by atoms with van der Waals surface area (Å²) in [5.74, 6) is 0.705. The van der Waals surface area contributed by atoms with Crippen LogP contribution < -0.4 is 10.6 Å². The van der Waals surface area contributed by atoms with E-state index in [9.17, 15) is 5.11 Å². The molecule has 0 amide bonds. The zero-order valence-corrected chi connectivity index (χ0v) is 17.4. The maximum absolute atomic E-state index is 10.3. The van der Waals surface area contributed by atoms with E-state index in [1.807, 2.05) is 37.4 Å². The van der Waals surface area contributed by atoms with Crippen molar-refractivity contribution in [2.24, 2.45) is 0 Å². The minimum Gasteiger partial charge on any atom is -0.386 e. The molecule has 0 aliphatic rings. The van der Waals surface area contributed by atoms with Crippen LogP contribution >= 0.6 is 11.3 Å². The fourth-order valence-corrected chi connectivity index (χ4v) is 3.91. The van der Waals surface area contributed by atoms with Gasteiger partial charge in [-0.05, 0) is 43.2 Å². The molecule has 29 heavy (non-hydrogen) atoms. The first-order chi connectivity index (χ1) is 13.9. The molecule has 2 aromatic carbocycles. The number of anilines is 2. The Bertz CT molecular complexity index is 1150. The molecule has 4 aromatic rings. The summed E-state index contributed by atoms with van der Waals surface area (Å²) in [5, 5.41) is 17.6. The number of hydrogen-bond donors (Lipinski definition) is 3. The largest absolute Gasteiger partial charge is 0.386 e. The number of thiazole rings is 1. The number of nitrogens with one attached hydrogen (secondary N) is 2. The highest BCUT2D eigenvalue weighted by atomic mass is 32.1. The number of nitrogens with zero attached hydrogens (tertiary/aromatic N) is 3. The van der Waals surface area contributed by atoms with Gasteiger partial charge in [0.05, 0.1) is 33.9 Å². The van der Waals surface area contributed by atoms with E-state index in [0.29, 0.717) is 12.4 Å². The minimum absolute atomic E-state index is 0.643. The van der Waals surface area contributed by atoms with Crippen LogP contribution in [0, 0.1) is 0 Å². The SMILES string of the molecule is CNc1nc2ccc(CNc3cncc(-c4cccc(C(C)(C)O)c4)n3)cc2s1.